The van der Waals surface area contributed by atoms with Crippen LogP contribution < -0.4 is 10.9 Å². The third kappa shape index (κ3) is 3.69. The highest BCUT2D eigenvalue weighted by molar-refractivity contribution is 5.93. The maximum atomic E-state index is 12.8. The Balaban J connectivity index is 1.67. The van der Waals surface area contributed by atoms with Gasteiger partial charge >= 0.3 is 0 Å². The smallest absolute Gasteiger partial charge is 0.258 e. The Kier molecular flexibility index (Phi) is 5.23. The average molecular weight is 380 g/mol. The highest BCUT2D eigenvalue weighted by atomic mass is 16.5. The van der Waals surface area contributed by atoms with Crippen LogP contribution in [0.15, 0.2) is 39.6 Å². The van der Waals surface area contributed by atoms with Gasteiger partial charge in [-0.3, -0.25) is 14.2 Å². The van der Waals surface area contributed by atoms with E-state index in [1.807, 2.05) is 31.2 Å². The van der Waals surface area contributed by atoms with Crippen molar-refractivity contribution in [3.63, 3.8) is 0 Å². The maximum Gasteiger partial charge on any atom is 0.258 e. The molecule has 0 spiro atoms. The Morgan fingerprint density at radius 1 is 1.25 bits per heavy atom. The summed E-state index contributed by atoms with van der Waals surface area (Å²) >= 11 is 0. The predicted molar refractivity (Wildman–Crippen MR) is 106 cm³/mol. The van der Waals surface area contributed by atoms with Crippen molar-refractivity contribution in [2.24, 2.45) is 0 Å². The van der Waals surface area contributed by atoms with Gasteiger partial charge in [0.05, 0.1) is 11.1 Å². The van der Waals surface area contributed by atoms with E-state index in [9.17, 15) is 9.59 Å². The molecule has 2 aromatic heterocycles. The van der Waals surface area contributed by atoms with Gasteiger partial charge in [-0.25, -0.2) is 0 Å². The number of pyridine rings is 1. The molecule has 0 aliphatic heterocycles. The van der Waals surface area contributed by atoms with Crippen molar-refractivity contribution in [3.8, 4) is 11.5 Å². The van der Waals surface area contributed by atoms with Crippen molar-refractivity contribution in [1.82, 2.24) is 20.0 Å². The van der Waals surface area contributed by atoms with Gasteiger partial charge in [0.15, 0.2) is 5.82 Å². The number of hydrogen-bond donors (Lipinski definition) is 1. The van der Waals surface area contributed by atoms with Crippen LogP contribution in [0.3, 0.4) is 0 Å². The lowest BCUT2D eigenvalue weighted by atomic mass is 9.95. The molecule has 1 N–H and O–H groups in total. The van der Waals surface area contributed by atoms with Crippen molar-refractivity contribution in [2.75, 3.05) is 0 Å². The second-order valence-electron chi connectivity index (χ2n) is 7.27. The highest BCUT2D eigenvalue weighted by Crippen LogP contribution is 2.26. The number of benzene rings is 1. The number of nitrogens with one attached hydrogen (secondary N) is 1. The number of rotatable bonds is 5. The lowest BCUT2D eigenvalue weighted by molar-refractivity contribution is -0.122. The number of fused-ring (bicyclic) bond motifs is 1. The topological polar surface area (TPSA) is 90.0 Å². The van der Waals surface area contributed by atoms with E-state index in [0.29, 0.717) is 29.2 Å². The molecular weight excluding hydrogens is 356 g/mol. The summed E-state index contributed by atoms with van der Waals surface area (Å²) in [5.74, 6) is 0.789. The summed E-state index contributed by atoms with van der Waals surface area (Å²) in [7, 11) is 0. The molecule has 2 heterocycles. The van der Waals surface area contributed by atoms with Crippen LogP contribution in [-0.4, -0.2) is 26.7 Å². The monoisotopic (exact) mass is 380 g/mol. The minimum Gasteiger partial charge on any atom is -0.352 e. The number of para-hydroxylation sites is 1. The molecule has 1 fully saturated rings. The standard InChI is InChI=1S/C21H24N4O3/c1-2-18-23-21(28-24-18)16-12-20(27)25(17-11-7-6-10-15(16)17)13-19(26)22-14-8-4-3-5-9-14/h6-7,10-12,14H,2-5,8-9,13H2,1H3,(H,22,26). The molecule has 7 heteroatoms. The van der Waals surface area contributed by atoms with E-state index in [0.717, 1.165) is 31.1 Å². The van der Waals surface area contributed by atoms with Crippen LogP contribution in [0, 0.1) is 0 Å². The number of carbonyl (C=O) groups is 1. The SMILES string of the molecule is CCc1noc(-c2cc(=O)n(CC(=O)NC3CCCCC3)c3ccccc23)n1. The van der Waals surface area contributed by atoms with Gasteiger partial charge in [-0.05, 0) is 18.9 Å². The molecule has 1 saturated carbocycles. The summed E-state index contributed by atoms with van der Waals surface area (Å²) in [6.45, 7) is 1.94. The summed E-state index contributed by atoms with van der Waals surface area (Å²) in [5.41, 5.74) is 1.01. The largest absolute Gasteiger partial charge is 0.352 e. The van der Waals surface area contributed by atoms with Crippen molar-refractivity contribution in [3.05, 3.63) is 46.5 Å². The summed E-state index contributed by atoms with van der Waals surface area (Å²) in [6, 6.07) is 9.17. The Morgan fingerprint density at radius 3 is 2.79 bits per heavy atom. The fourth-order valence-electron chi connectivity index (χ4n) is 3.85. The maximum absolute atomic E-state index is 12.8. The normalized spacial score (nSPS) is 15.0. The van der Waals surface area contributed by atoms with Crippen LogP contribution in [0.2, 0.25) is 0 Å². The molecule has 4 rings (SSSR count). The predicted octanol–water partition coefficient (Wildman–Crippen LogP) is 3.06. The van der Waals surface area contributed by atoms with Gasteiger partial charge in [0, 0.05) is 23.9 Å². The van der Waals surface area contributed by atoms with E-state index >= 15 is 0 Å². The summed E-state index contributed by atoms with van der Waals surface area (Å²) in [6.07, 6.45) is 6.20. The first-order valence-electron chi connectivity index (χ1n) is 9.90. The molecule has 0 saturated heterocycles. The number of aryl methyl sites for hydroxylation is 1. The highest BCUT2D eigenvalue weighted by Gasteiger charge is 2.19. The minimum absolute atomic E-state index is 0.000169. The third-order valence-corrected chi connectivity index (χ3v) is 5.31. The van der Waals surface area contributed by atoms with Crippen LogP contribution in [0.25, 0.3) is 22.4 Å². The van der Waals surface area contributed by atoms with Gasteiger partial charge < -0.3 is 9.84 Å². The van der Waals surface area contributed by atoms with E-state index in [2.05, 4.69) is 15.5 Å². The average Bonchev–Trinajstić information content (AvgIpc) is 3.20. The van der Waals surface area contributed by atoms with Gasteiger partial charge in [0.2, 0.25) is 5.91 Å². The molecule has 1 amide bonds. The number of aromatic nitrogens is 3. The fraction of sp³-hybridized carbons (Fsp3) is 0.429. The van der Waals surface area contributed by atoms with Crippen LogP contribution in [0.5, 0.6) is 0 Å². The zero-order valence-corrected chi connectivity index (χ0v) is 16.0. The number of nitrogens with zero attached hydrogens (tertiary/aromatic N) is 3. The molecular formula is C21H24N4O3. The summed E-state index contributed by atoms with van der Waals surface area (Å²) < 4.78 is 6.85. The van der Waals surface area contributed by atoms with Crippen LogP contribution >= 0.6 is 0 Å². The van der Waals surface area contributed by atoms with E-state index in [1.54, 1.807) is 0 Å². The number of hydrogen-bond acceptors (Lipinski definition) is 5. The van der Waals surface area contributed by atoms with Crippen molar-refractivity contribution < 1.29 is 9.32 Å². The van der Waals surface area contributed by atoms with Crippen molar-refractivity contribution in [2.45, 2.75) is 58.0 Å². The first kappa shape index (κ1) is 18.4. The third-order valence-electron chi connectivity index (χ3n) is 5.31. The Morgan fingerprint density at radius 2 is 2.04 bits per heavy atom. The van der Waals surface area contributed by atoms with Gasteiger partial charge in [-0.1, -0.05) is 49.5 Å². The molecule has 1 aliphatic rings. The molecule has 1 aromatic carbocycles. The van der Waals surface area contributed by atoms with Crippen LogP contribution in [0.4, 0.5) is 0 Å². The van der Waals surface area contributed by atoms with E-state index in [-0.39, 0.29) is 24.1 Å². The molecule has 7 nitrogen and oxygen atoms in total. The molecule has 1 aliphatic carbocycles. The van der Waals surface area contributed by atoms with E-state index in [4.69, 9.17) is 4.52 Å². The zero-order chi connectivity index (χ0) is 19.5. The molecule has 0 atom stereocenters. The summed E-state index contributed by atoms with van der Waals surface area (Å²) in [4.78, 5) is 29.7. The Hall–Kier alpha value is -2.96. The zero-order valence-electron chi connectivity index (χ0n) is 16.0. The first-order chi connectivity index (χ1) is 13.7. The molecule has 3 aromatic rings. The summed E-state index contributed by atoms with van der Waals surface area (Å²) in [5, 5.41) is 7.81. The van der Waals surface area contributed by atoms with Gasteiger partial charge in [0.25, 0.3) is 11.4 Å². The van der Waals surface area contributed by atoms with Crippen LogP contribution in [0.1, 0.15) is 44.9 Å². The Labute approximate surface area is 162 Å². The van der Waals surface area contributed by atoms with Crippen molar-refractivity contribution >= 4 is 16.8 Å². The lowest BCUT2D eigenvalue weighted by Gasteiger charge is -2.23. The molecule has 28 heavy (non-hydrogen) atoms. The van der Waals surface area contributed by atoms with Gasteiger partial charge in [-0.15, -0.1) is 0 Å². The minimum atomic E-state index is -0.260. The fourth-order valence-corrected chi connectivity index (χ4v) is 3.85. The van der Waals surface area contributed by atoms with E-state index in [1.165, 1.54) is 17.1 Å². The van der Waals surface area contributed by atoms with Gasteiger partial charge in [-0.2, -0.15) is 4.98 Å². The molecule has 0 bridgehead atoms. The lowest BCUT2D eigenvalue weighted by Crippen LogP contribution is -2.39. The molecule has 0 unspecified atom stereocenters. The number of amides is 1. The second-order valence-corrected chi connectivity index (χ2v) is 7.27. The van der Waals surface area contributed by atoms with Crippen molar-refractivity contribution in [1.29, 1.82) is 0 Å². The first-order valence-corrected chi connectivity index (χ1v) is 9.90. The molecule has 146 valence electrons. The second kappa shape index (κ2) is 7.96. The van der Waals surface area contributed by atoms with Gasteiger partial charge in [0.1, 0.15) is 6.54 Å². The Bertz CT molecular complexity index is 1050. The van der Waals surface area contributed by atoms with E-state index < -0.39 is 0 Å². The molecule has 0 radical (unpaired) electrons. The quantitative estimate of drug-likeness (QED) is 0.735. The number of carbonyl (C=O) groups excluding carboxylic acids is 1. The van der Waals surface area contributed by atoms with Crippen LogP contribution in [-0.2, 0) is 17.8 Å².